The van der Waals surface area contributed by atoms with E-state index in [4.69, 9.17) is 14.2 Å². The number of carbonyl (C=O) groups excluding carboxylic acids is 1. The van der Waals surface area contributed by atoms with Crippen LogP contribution in [-0.4, -0.2) is 26.2 Å². The van der Waals surface area contributed by atoms with Gasteiger partial charge in [-0.25, -0.2) is 0 Å². The highest BCUT2D eigenvalue weighted by Crippen LogP contribution is 2.31. The Kier molecular flexibility index (Phi) is 6.51. The third-order valence-corrected chi connectivity index (χ3v) is 4.34. The highest BCUT2D eigenvalue weighted by molar-refractivity contribution is 9.11. The van der Waals surface area contributed by atoms with Crippen LogP contribution in [0.15, 0.2) is 45.3 Å². The van der Waals surface area contributed by atoms with Crippen molar-refractivity contribution < 1.29 is 19.0 Å². The standard InChI is InChI=1S/C17H17Br2NO4/c1-10(24-15-6-4-11(18)8-13(15)19)17(21)20-14-9-12(22-2)5-7-16(14)23-3/h4-10H,1-3H3,(H,20,21). The van der Waals surface area contributed by atoms with Crippen molar-refractivity contribution in [3.8, 4) is 17.2 Å². The van der Waals surface area contributed by atoms with Crippen molar-refractivity contribution in [1.29, 1.82) is 0 Å². The monoisotopic (exact) mass is 457 g/mol. The van der Waals surface area contributed by atoms with Gasteiger partial charge in [0.15, 0.2) is 6.10 Å². The Balaban J connectivity index is 2.11. The molecule has 0 bridgehead atoms. The summed E-state index contributed by atoms with van der Waals surface area (Å²) in [5.41, 5.74) is 0.521. The molecule has 1 N–H and O–H groups in total. The van der Waals surface area contributed by atoms with Gasteiger partial charge >= 0.3 is 0 Å². The molecule has 1 amide bonds. The van der Waals surface area contributed by atoms with Crippen LogP contribution in [0.25, 0.3) is 0 Å². The maximum atomic E-state index is 12.4. The highest BCUT2D eigenvalue weighted by Gasteiger charge is 2.18. The third kappa shape index (κ3) is 4.64. The second-order valence-corrected chi connectivity index (χ2v) is 6.66. The van der Waals surface area contributed by atoms with Crippen LogP contribution >= 0.6 is 31.9 Å². The molecule has 0 saturated heterocycles. The first-order chi connectivity index (χ1) is 11.4. The molecular formula is C17H17Br2NO4. The zero-order valence-corrected chi connectivity index (χ0v) is 16.6. The van der Waals surface area contributed by atoms with Gasteiger partial charge in [-0.1, -0.05) is 15.9 Å². The average Bonchev–Trinajstić information content (AvgIpc) is 2.57. The molecule has 0 saturated carbocycles. The third-order valence-electron chi connectivity index (χ3n) is 3.23. The molecule has 0 radical (unpaired) electrons. The number of nitrogens with one attached hydrogen (secondary N) is 1. The summed E-state index contributed by atoms with van der Waals surface area (Å²) in [6.45, 7) is 1.68. The van der Waals surface area contributed by atoms with E-state index in [1.54, 1.807) is 38.3 Å². The summed E-state index contributed by atoms with van der Waals surface area (Å²) >= 11 is 6.78. The van der Waals surface area contributed by atoms with E-state index < -0.39 is 6.10 Å². The molecular weight excluding hydrogens is 442 g/mol. The van der Waals surface area contributed by atoms with Crippen LogP contribution in [0.2, 0.25) is 0 Å². The first kappa shape index (κ1) is 18.6. The summed E-state index contributed by atoms with van der Waals surface area (Å²) in [4.78, 5) is 12.4. The SMILES string of the molecule is COc1ccc(OC)c(NC(=O)C(C)Oc2ccc(Br)cc2Br)c1. The van der Waals surface area contributed by atoms with E-state index in [9.17, 15) is 4.79 Å². The smallest absolute Gasteiger partial charge is 0.265 e. The lowest BCUT2D eigenvalue weighted by atomic mass is 10.2. The van der Waals surface area contributed by atoms with Crippen LogP contribution in [0.4, 0.5) is 5.69 Å². The van der Waals surface area contributed by atoms with Crippen LogP contribution in [0.1, 0.15) is 6.92 Å². The first-order valence-electron chi connectivity index (χ1n) is 7.09. The Bertz CT molecular complexity index is 737. The Morgan fingerprint density at radius 2 is 1.75 bits per heavy atom. The van der Waals surface area contributed by atoms with Crippen LogP contribution in [0, 0.1) is 0 Å². The fraction of sp³-hybridized carbons (Fsp3) is 0.235. The Morgan fingerprint density at radius 1 is 1.04 bits per heavy atom. The number of halogens is 2. The molecule has 2 aromatic rings. The molecule has 7 heteroatoms. The number of benzene rings is 2. The number of anilines is 1. The molecule has 0 aliphatic rings. The molecule has 5 nitrogen and oxygen atoms in total. The number of methoxy groups -OCH3 is 2. The lowest BCUT2D eigenvalue weighted by Gasteiger charge is -2.17. The van der Waals surface area contributed by atoms with Crippen molar-refractivity contribution in [2.45, 2.75) is 13.0 Å². The van der Waals surface area contributed by atoms with Gasteiger partial charge in [0, 0.05) is 10.5 Å². The van der Waals surface area contributed by atoms with Crippen molar-refractivity contribution in [2.24, 2.45) is 0 Å². The number of hydrogen-bond donors (Lipinski definition) is 1. The summed E-state index contributed by atoms with van der Waals surface area (Å²) < 4.78 is 17.8. The number of amides is 1. The normalized spacial score (nSPS) is 11.5. The lowest BCUT2D eigenvalue weighted by molar-refractivity contribution is -0.122. The molecule has 1 unspecified atom stereocenters. The summed E-state index contributed by atoms with van der Waals surface area (Å²) in [6.07, 6.45) is -0.696. The predicted molar refractivity (Wildman–Crippen MR) is 100 cm³/mol. The zero-order chi connectivity index (χ0) is 17.7. The number of hydrogen-bond acceptors (Lipinski definition) is 4. The molecule has 2 rings (SSSR count). The fourth-order valence-electron chi connectivity index (χ4n) is 1.96. The molecule has 0 aromatic heterocycles. The van der Waals surface area contributed by atoms with Crippen LogP contribution in [0.3, 0.4) is 0 Å². The highest BCUT2D eigenvalue weighted by atomic mass is 79.9. The van der Waals surface area contributed by atoms with Gasteiger partial charge in [0.05, 0.1) is 24.4 Å². The van der Waals surface area contributed by atoms with Gasteiger partial charge < -0.3 is 19.5 Å². The zero-order valence-electron chi connectivity index (χ0n) is 13.4. The van der Waals surface area contributed by atoms with Gasteiger partial charge in [-0.3, -0.25) is 4.79 Å². The summed E-state index contributed by atoms with van der Waals surface area (Å²) in [5.74, 6) is 1.45. The molecule has 0 fully saturated rings. The van der Waals surface area contributed by atoms with Crippen molar-refractivity contribution in [2.75, 3.05) is 19.5 Å². The van der Waals surface area contributed by atoms with Gasteiger partial charge in [0.1, 0.15) is 17.2 Å². The van der Waals surface area contributed by atoms with Crippen LogP contribution in [0.5, 0.6) is 17.2 Å². The molecule has 0 spiro atoms. The second kappa shape index (κ2) is 8.39. The van der Waals surface area contributed by atoms with E-state index in [2.05, 4.69) is 37.2 Å². The van der Waals surface area contributed by atoms with E-state index in [1.807, 2.05) is 12.1 Å². The minimum absolute atomic E-state index is 0.295. The molecule has 0 aliphatic heterocycles. The van der Waals surface area contributed by atoms with Gasteiger partial charge in [0.25, 0.3) is 5.91 Å². The molecule has 0 heterocycles. The van der Waals surface area contributed by atoms with Gasteiger partial charge in [-0.05, 0) is 53.2 Å². The average molecular weight is 459 g/mol. The fourth-order valence-corrected chi connectivity index (χ4v) is 3.10. The number of carbonyl (C=O) groups is 1. The van der Waals surface area contributed by atoms with Gasteiger partial charge in [0.2, 0.25) is 0 Å². The molecule has 24 heavy (non-hydrogen) atoms. The summed E-state index contributed by atoms with van der Waals surface area (Å²) in [6, 6.07) is 10.7. The van der Waals surface area contributed by atoms with Crippen LogP contribution < -0.4 is 19.5 Å². The van der Waals surface area contributed by atoms with E-state index >= 15 is 0 Å². The summed E-state index contributed by atoms with van der Waals surface area (Å²) in [5, 5.41) is 2.79. The Morgan fingerprint density at radius 3 is 2.38 bits per heavy atom. The lowest BCUT2D eigenvalue weighted by Crippen LogP contribution is -2.30. The van der Waals surface area contributed by atoms with E-state index in [0.717, 1.165) is 8.95 Å². The first-order valence-corrected chi connectivity index (χ1v) is 8.67. The topological polar surface area (TPSA) is 56.8 Å². The van der Waals surface area contributed by atoms with Crippen molar-refractivity contribution in [3.05, 3.63) is 45.3 Å². The number of rotatable bonds is 6. The largest absolute Gasteiger partial charge is 0.497 e. The van der Waals surface area contributed by atoms with Crippen molar-refractivity contribution in [1.82, 2.24) is 0 Å². The summed E-state index contributed by atoms with van der Waals surface area (Å²) in [7, 11) is 3.10. The van der Waals surface area contributed by atoms with Crippen molar-refractivity contribution >= 4 is 43.5 Å². The maximum absolute atomic E-state index is 12.4. The van der Waals surface area contributed by atoms with E-state index in [-0.39, 0.29) is 5.91 Å². The molecule has 2 aromatic carbocycles. The Hall–Kier alpha value is -1.73. The molecule has 1 atom stereocenters. The molecule has 128 valence electrons. The van der Waals surface area contributed by atoms with Crippen molar-refractivity contribution in [3.63, 3.8) is 0 Å². The number of ether oxygens (including phenoxy) is 3. The van der Waals surface area contributed by atoms with E-state index in [0.29, 0.717) is 22.9 Å². The predicted octanol–water partition coefficient (Wildman–Crippen LogP) is 4.63. The quantitative estimate of drug-likeness (QED) is 0.685. The minimum Gasteiger partial charge on any atom is -0.497 e. The second-order valence-electron chi connectivity index (χ2n) is 4.89. The van der Waals surface area contributed by atoms with Gasteiger partial charge in [-0.15, -0.1) is 0 Å². The minimum atomic E-state index is -0.696. The van der Waals surface area contributed by atoms with E-state index in [1.165, 1.54) is 7.11 Å². The molecule has 0 aliphatic carbocycles. The maximum Gasteiger partial charge on any atom is 0.265 e. The van der Waals surface area contributed by atoms with Gasteiger partial charge in [-0.2, -0.15) is 0 Å². The van der Waals surface area contributed by atoms with Crippen LogP contribution in [-0.2, 0) is 4.79 Å². The Labute approximate surface area is 157 Å².